The Morgan fingerprint density at radius 1 is 1.33 bits per heavy atom. The molecule has 3 nitrogen and oxygen atoms in total. The maximum absolute atomic E-state index is 6.18. The molecular formula is C14H18ClN3. The summed E-state index contributed by atoms with van der Waals surface area (Å²) in [4.78, 5) is 0. The highest BCUT2D eigenvalue weighted by Gasteiger charge is 2.11. The monoisotopic (exact) mass is 263 g/mol. The predicted molar refractivity (Wildman–Crippen MR) is 74.6 cm³/mol. The van der Waals surface area contributed by atoms with Crippen LogP contribution in [0.4, 0.5) is 0 Å². The van der Waals surface area contributed by atoms with Crippen LogP contribution in [0.5, 0.6) is 0 Å². The Morgan fingerprint density at radius 2 is 2.11 bits per heavy atom. The molecule has 1 aromatic carbocycles. The number of hydrogen-bond acceptors (Lipinski definition) is 2. The van der Waals surface area contributed by atoms with Crippen molar-refractivity contribution < 1.29 is 0 Å². The maximum Gasteiger partial charge on any atom is 0.0521 e. The highest BCUT2D eigenvalue weighted by Crippen LogP contribution is 2.20. The van der Waals surface area contributed by atoms with Gasteiger partial charge in [0, 0.05) is 18.3 Å². The van der Waals surface area contributed by atoms with Crippen molar-refractivity contribution in [3.8, 4) is 0 Å². The number of hydrogen-bond donors (Lipinski definition) is 1. The summed E-state index contributed by atoms with van der Waals surface area (Å²) in [6, 6.07) is 7.95. The van der Waals surface area contributed by atoms with Gasteiger partial charge in [-0.05, 0) is 42.5 Å². The van der Waals surface area contributed by atoms with Gasteiger partial charge >= 0.3 is 0 Å². The standard InChI is InChI=1S/C14H18ClN3/c1-18-10-12(9-17-18)6-11(8-16)7-13-4-2-3-5-14(13)15/h2-5,9-11H,6-8,16H2,1H3. The molecule has 96 valence electrons. The minimum absolute atomic E-state index is 0.397. The fraction of sp³-hybridized carbons (Fsp3) is 0.357. The first kappa shape index (κ1) is 13.1. The van der Waals surface area contributed by atoms with Crippen LogP contribution in [0.3, 0.4) is 0 Å². The predicted octanol–water partition coefficient (Wildman–Crippen LogP) is 2.43. The quantitative estimate of drug-likeness (QED) is 0.901. The third-order valence-electron chi connectivity index (χ3n) is 3.08. The molecule has 2 rings (SSSR count). The molecule has 0 fully saturated rings. The summed E-state index contributed by atoms with van der Waals surface area (Å²) in [5, 5.41) is 5.00. The number of aryl methyl sites for hydroxylation is 1. The molecule has 18 heavy (non-hydrogen) atoms. The fourth-order valence-corrected chi connectivity index (χ4v) is 2.34. The maximum atomic E-state index is 6.18. The Bertz CT molecular complexity index is 507. The topological polar surface area (TPSA) is 43.8 Å². The van der Waals surface area contributed by atoms with E-state index in [0.29, 0.717) is 12.5 Å². The molecule has 1 aromatic heterocycles. The van der Waals surface area contributed by atoms with Gasteiger partial charge < -0.3 is 5.73 Å². The number of nitrogens with two attached hydrogens (primary N) is 1. The number of nitrogens with zero attached hydrogens (tertiary/aromatic N) is 2. The lowest BCUT2D eigenvalue weighted by atomic mass is 9.94. The summed E-state index contributed by atoms with van der Waals surface area (Å²) in [6.45, 7) is 0.653. The van der Waals surface area contributed by atoms with Gasteiger partial charge in [-0.2, -0.15) is 5.10 Å². The number of benzene rings is 1. The van der Waals surface area contributed by atoms with Gasteiger partial charge in [0.05, 0.1) is 6.20 Å². The van der Waals surface area contributed by atoms with Gasteiger partial charge in [-0.1, -0.05) is 29.8 Å². The second kappa shape index (κ2) is 6.03. The third kappa shape index (κ3) is 3.34. The largest absolute Gasteiger partial charge is 0.330 e. The smallest absolute Gasteiger partial charge is 0.0521 e. The van der Waals surface area contributed by atoms with Crippen LogP contribution in [0.2, 0.25) is 5.02 Å². The summed E-state index contributed by atoms with van der Waals surface area (Å²) in [5.74, 6) is 0.397. The van der Waals surface area contributed by atoms with E-state index in [1.165, 1.54) is 11.1 Å². The van der Waals surface area contributed by atoms with Crippen LogP contribution in [0.15, 0.2) is 36.7 Å². The number of halogens is 1. The van der Waals surface area contributed by atoms with E-state index in [2.05, 4.69) is 11.2 Å². The second-order valence-corrected chi connectivity index (χ2v) is 5.03. The summed E-state index contributed by atoms with van der Waals surface area (Å²) < 4.78 is 1.82. The van der Waals surface area contributed by atoms with Crippen molar-refractivity contribution >= 4 is 11.6 Å². The van der Waals surface area contributed by atoms with E-state index in [4.69, 9.17) is 17.3 Å². The van der Waals surface area contributed by atoms with Crippen molar-refractivity contribution in [3.05, 3.63) is 52.8 Å². The van der Waals surface area contributed by atoms with Crippen LogP contribution < -0.4 is 5.73 Å². The summed E-state index contributed by atoms with van der Waals surface area (Å²) in [5.41, 5.74) is 8.24. The Labute approximate surface area is 113 Å². The summed E-state index contributed by atoms with van der Waals surface area (Å²) in [7, 11) is 1.93. The molecule has 2 aromatic rings. The molecule has 0 aliphatic heterocycles. The average molecular weight is 264 g/mol. The van der Waals surface area contributed by atoms with Crippen molar-refractivity contribution in [3.63, 3.8) is 0 Å². The van der Waals surface area contributed by atoms with Gasteiger partial charge in [-0.15, -0.1) is 0 Å². The van der Waals surface area contributed by atoms with Crippen molar-refractivity contribution in [2.24, 2.45) is 18.7 Å². The first-order valence-electron chi connectivity index (χ1n) is 6.10. The highest BCUT2D eigenvalue weighted by atomic mass is 35.5. The molecule has 0 saturated heterocycles. The van der Waals surface area contributed by atoms with Crippen LogP contribution in [-0.2, 0) is 19.9 Å². The van der Waals surface area contributed by atoms with Crippen LogP contribution in [0, 0.1) is 5.92 Å². The molecule has 1 heterocycles. The van der Waals surface area contributed by atoms with Crippen molar-refractivity contribution in [1.82, 2.24) is 9.78 Å². The lowest BCUT2D eigenvalue weighted by Gasteiger charge is -2.14. The van der Waals surface area contributed by atoms with Gasteiger partial charge in [-0.3, -0.25) is 4.68 Å². The van der Waals surface area contributed by atoms with Crippen LogP contribution in [0.25, 0.3) is 0 Å². The molecular weight excluding hydrogens is 246 g/mol. The minimum atomic E-state index is 0.397. The zero-order chi connectivity index (χ0) is 13.0. The van der Waals surface area contributed by atoms with Gasteiger partial charge in [0.1, 0.15) is 0 Å². The zero-order valence-electron chi connectivity index (χ0n) is 10.5. The molecule has 1 unspecified atom stereocenters. The molecule has 2 N–H and O–H groups in total. The molecule has 0 radical (unpaired) electrons. The van der Waals surface area contributed by atoms with Crippen molar-refractivity contribution in [2.75, 3.05) is 6.54 Å². The molecule has 0 saturated carbocycles. The number of aromatic nitrogens is 2. The van der Waals surface area contributed by atoms with Gasteiger partial charge in [-0.25, -0.2) is 0 Å². The van der Waals surface area contributed by atoms with E-state index in [1.54, 1.807) is 0 Å². The average Bonchev–Trinajstić information content (AvgIpc) is 2.76. The third-order valence-corrected chi connectivity index (χ3v) is 3.45. The summed E-state index contributed by atoms with van der Waals surface area (Å²) >= 11 is 6.18. The van der Waals surface area contributed by atoms with Crippen molar-refractivity contribution in [2.45, 2.75) is 12.8 Å². The summed E-state index contributed by atoms with van der Waals surface area (Å²) in [6.07, 6.45) is 5.78. The zero-order valence-corrected chi connectivity index (χ0v) is 11.3. The fourth-order valence-electron chi connectivity index (χ4n) is 2.12. The van der Waals surface area contributed by atoms with Gasteiger partial charge in [0.2, 0.25) is 0 Å². The van der Waals surface area contributed by atoms with E-state index in [0.717, 1.165) is 17.9 Å². The first-order valence-corrected chi connectivity index (χ1v) is 6.48. The molecule has 4 heteroatoms. The van der Waals surface area contributed by atoms with Crippen LogP contribution in [0.1, 0.15) is 11.1 Å². The first-order chi connectivity index (χ1) is 8.69. The highest BCUT2D eigenvalue weighted by molar-refractivity contribution is 6.31. The lowest BCUT2D eigenvalue weighted by Crippen LogP contribution is -2.19. The lowest BCUT2D eigenvalue weighted by molar-refractivity contribution is 0.533. The van der Waals surface area contributed by atoms with Crippen LogP contribution in [-0.4, -0.2) is 16.3 Å². The van der Waals surface area contributed by atoms with Gasteiger partial charge in [0.25, 0.3) is 0 Å². The molecule has 0 aliphatic rings. The van der Waals surface area contributed by atoms with E-state index in [1.807, 2.05) is 42.3 Å². The normalized spacial score (nSPS) is 12.6. The molecule has 0 bridgehead atoms. The molecule has 0 aliphatic carbocycles. The van der Waals surface area contributed by atoms with E-state index >= 15 is 0 Å². The van der Waals surface area contributed by atoms with Gasteiger partial charge in [0.15, 0.2) is 0 Å². The van der Waals surface area contributed by atoms with E-state index < -0.39 is 0 Å². The molecule has 0 spiro atoms. The van der Waals surface area contributed by atoms with E-state index in [-0.39, 0.29) is 0 Å². The molecule has 0 amide bonds. The Kier molecular flexibility index (Phi) is 4.39. The minimum Gasteiger partial charge on any atom is -0.330 e. The van der Waals surface area contributed by atoms with E-state index in [9.17, 15) is 0 Å². The second-order valence-electron chi connectivity index (χ2n) is 4.62. The Balaban J connectivity index is 2.04. The Hall–Kier alpha value is -1.32. The molecule has 1 atom stereocenters. The van der Waals surface area contributed by atoms with Crippen LogP contribution >= 0.6 is 11.6 Å². The number of rotatable bonds is 5. The van der Waals surface area contributed by atoms with Crippen molar-refractivity contribution in [1.29, 1.82) is 0 Å². The SMILES string of the molecule is Cn1cc(CC(CN)Cc2ccccc2Cl)cn1. The Morgan fingerprint density at radius 3 is 2.72 bits per heavy atom.